The number of hydrogen-bond donors (Lipinski definition) is 3. The number of carbonyl (C=O) groups excluding carboxylic acids is 1. The van der Waals surface area contributed by atoms with Crippen molar-refractivity contribution in [3.05, 3.63) is 42.5 Å². The Morgan fingerprint density at radius 1 is 1.44 bits per heavy atom. The van der Waals surface area contributed by atoms with Gasteiger partial charge in [-0.25, -0.2) is 9.59 Å². The Bertz CT molecular complexity index is 415. The zero-order chi connectivity index (χ0) is 12.0. The van der Waals surface area contributed by atoms with E-state index >= 15 is 0 Å². The molecule has 0 aliphatic rings. The smallest absolute Gasteiger partial charge is 0.335 e. The van der Waals surface area contributed by atoms with Crippen molar-refractivity contribution in [3.8, 4) is 0 Å². The van der Waals surface area contributed by atoms with E-state index in [0.29, 0.717) is 12.2 Å². The molecule has 0 bridgehead atoms. The Morgan fingerprint density at radius 3 is 2.81 bits per heavy atom. The van der Waals surface area contributed by atoms with E-state index in [1.807, 2.05) is 0 Å². The van der Waals surface area contributed by atoms with Crippen LogP contribution in [-0.2, 0) is 0 Å². The largest absolute Gasteiger partial charge is 0.478 e. The minimum atomic E-state index is -1.03. The molecule has 1 rings (SSSR count). The molecule has 16 heavy (non-hydrogen) atoms. The van der Waals surface area contributed by atoms with Gasteiger partial charge in [0.15, 0.2) is 0 Å². The first kappa shape index (κ1) is 11.8. The third-order valence-electron chi connectivity index (χ3n) is 1.77. The summed E-state index contributed by atoms with van der Waals surface area (Å²) in [5.74, 6) is -1.03. The Kier molecular flexibility index (Phi) is 4.08. The van der Waals surface area contributed by atoms with Gasteiger partial charge in [0.05, 0.1) is 5.56 Å². The average molecular weight is 220 g/mol. The Labute approximate surface area is 92.8 Å². The van der Waals surface area contributed by atoms with Crippen LogP contribution in [0.15, 0.2) is 36.9 Å². The summed E-state index contributed by atoms with van der Waals surface area (Å²) < 4.78 is 0. The molecule has 5 nitrogen and oxygen atoms in total. The second kappa shape index (κ2) is 5.55. The van der Waals surface area contributed by atoms with E-state index in [2.05, 4.69) is 17.2 Å². The summed E-state index contributed by atoms with van der Waals surface area (Å²) in [5.41, 5.74) is 0.558. The van der Waals surface area contributed by atoms with E-state index in [9.17, 15) is 9.59 Å². The van der Waals surface area contributed by atoms with Crippen molar-refractivity contribution in [1.29, 1.82) is 0 Å². The summed E-state index contributed by atoms with van der Waals surface area (Å²) >= 11 is 0. The SMILES string of the molecule is C=CCNC(=O)Nc1cccc(C(=O)O)c1. The second-order valence-electron chi connectivity index (χ2n) is 3.01. The first-order chi connectivity index (χ1) is 7.63. The fourth-order valence-electron chi connectivity index (χ4n) is 1.07. The van der Waals surface area contributed by atoms with Gasteiger partial charge in [-0.15, -0.1) is 6.58 Å². The number of carboxylic acids is 1. The first-order valence-corrected chi connectivity index (χ1v) is 4.62. The summed E-state index contributed by atoms with van der Waals surface area (Å²) in [7, 11) is 0. The zero-order valence-corrected chi connectivity index (χ0v) is 8.56. The van der Waals surface area contributed by atoms with E-state index in [1.165, 1.54) is 12.1 Å². The van der Waals surface area contributed by atoms with Crippen molar-refractivity contribution in [1.82, 2.24) is 5.32 Å². The fraction of sp³-hybridized carbons (Fsp3) is 0.0909. The van der Waals surface area contributed by atoms with Crippen LogP contribution in [0.5, 0.6) is 0 Å². The lowest BCUT2D eigenvalue weighted by Crippen LogP contribution is -2.28. The highest BCUT2D eigenvalue weighted by Gasteiger charge is 2.04. The molecule has 84 valence electrons. The molecule has 1 aromatic rings. The molecule has 0 radical (unpaired) electrons. The van der Waals surface area contributed by atoms with Crippen LogP contribution in [-0.4, -0.2) is 23.7 Å². The lowest BCUT2D eigenvalue weighted by Gasteiger charge is -2.06. The summed E-state index contributed by atoms with van der Waals surface area (Å²) in [4.78, 5) is 21.9. The topological polar surface area (TPSA) is 78.4 Å². The Balaban J connectivity index is 2.66. The second-order valence-corrected chi connectivity index (χ2v) is 3.01. The number of anilines is 1. The molecule has 3 N–H and O–H groups in total. The molecule has 2 amide bonds. The molecule has 0 unspecified atom stereocenters. The molecule has 1 aromatic carbocycles. The summed E-state index contributed by atoms with van der Waals surface area (Å²) in [6.07, 6.45) is 1.55. The molecule has 0 atom stereocenters. The molecular formula is C11H12N2O3. The number of aromatic carboxylic acids is 1. The normalized spacial score (nSPS) is 9.25. The fourth-order valence-corrected chi connectivity index (χ4v) is 1.07. The first-order valence-electron chi connectivity index (χ1n) is 4.62. The number of nitrogens with one attached hydrogen (secondary N) is 2. The minimum Gasteiger partial charge on any atom is -0.478 e. The van der Waals surface area contributed by atoms with Gasteiger partial charge >= 0.3 is 12.0 Å². The van der Waals surface area contributed by atoms with Crippen LogP contribution >= 0.6 is 0 Å². The number of carboxylic acid groups (broad SMARTS) is 1. The molecule has 0 saturated heterocycles. The molecular weight excluding hydrogens is 208 g/mol. The van der Waals surface area contributed by atoms with Crippen molar-refractivity contribution in [3.63, 3.8) is 0 Å². The highest BCUT2D eigenvalue weighted by atomic mass is 16.4. The lowest BCUT2D eigenvalue weighted by atomic mass is 10.2. The van der Waals surface area contributed by atoms with Gasteiger partial charge in [-0.3, -0.25) is 0 Å². The van der Waals surface area contributed by atoms with E-state index in [4.69, 9.17) is 5.11 Å². The number of amides is 2. The molecule has 0 fully saturated rings. The van der Waals surface area contributed by atoms with Gasteiger partial charge in [0.25, 0.3) is 0 Å². The quantitative estimate of drug-likeness (QED) is 0.675. The summed E-state index contributed by atoms with van der Waals surface area (Å²) in [6, 6.07) is 5.61. The van der Waals surface area contributed by atoms with Crippen molar-refractivity contribution in [2.45, 2.75) is 0 Å². The summed E-state index contributed by atoms with van der Waals surface area (Å²) in [6.45, 7) is 3.81. The maximum absolute atomic E-state index is 11.2. The number of rotatable bonds is 4. The predicted molar refractivity (Wildman–Crippen MR) is 60.6 cm³/mol. The van der Waals surface area contributed by atoms with Crippen LogP contribution in [0.25, 0.3) is 0 Å². The molecule has 0 aliphatic carbocycles. The van der Waals surface area contributed by atoms with Crippen LogP contribution in [0, 0.1) is 0 Å². The third kappa shape index (κ3) is 3.45. The molecule has 5 heteroatoms. The van der Waals surface area contributed by atoms with Crippen molar-refractivity contribution < 1.29 is 14.7 Å². The molecule has 0 heterocycles. The van der Waals surface area contributed by atoms with E-state index in [0.717, 1.165) is 0 Å². The Morgan fingerprint density at radius 2 is 2.19 bits per heavy atom. The lowest BCUT2D eigenvalue weighted by molar-refractivity contribution is 0.0697. The number of carbonyl (C=O) groups is 2. The highest BCUT2D eigenvalue weighted by molar-refractivity contribution is 5.93. The van der Waals surface area contributed by atoms with Crippen molar-refractivity contribution in [2.24, 2.45) is 0 Å². The van der Waals surface area contributed by atoms with E-state index in [-0.39, 0.29) is 5.56 Å². The van der Waals surface area contributed by atoms with Crippen molar-refractivity contribution >= 4 is 17.7 Å². The van der Waals surface area contributed by atoms with Crippen LogP contribution in [0.3, 0.4) is 0 Å². The van der Waals surface area contributed by atoms with Gasteiger partial charge in [-0.1, -0.05) is 12.1 Å². The number of hydrogen-bond acceptors (Lipinski definition) is 2. The molecule has 0 aromatic heterocycles. The number of urea groups is 1. The van der Waals surface area contributed by atoms with Gasteiger partial charge in [-0.2, -0.15) is 0 Å². The van der Waals surface area contributed by atoms with Crippen LogP contribution < -0.4 is 10.6 Å². The summed E-state index contributed by atoms with van der Waals surface area (Å²) in [5, 5.41) is 13.8. The van der Waals surface area contributed by atoms with Gasteiger partial charge in [0, 0.05) is 12.2 Å². The van der Waals surface area contributed by atoms with Crippen LogP contribution in [0.1, 0.15) is 10.4 Å². The van der Waals surface area contributed by atoms with Crippen LogP contribution in [0.4, 0.5) is 10.5 Å². The Hall–Kier alpha value is -2.30. The van der Waals surface area contributed by atoms with Gasteiger partial charge in [-0.05, 0) is 18.2 Å². The molecule has 0 saturated carbocycles. The molecule has 0 spiro atoms. The highest BCUT2D eigenvalue weighted by Crippen LogP contribution is 2.10. The minimum absolute atomic E-state index is 0.126. The van der Waals surface area contributed by atoms with Gasteiger partial charge in [0.1, 0.15) is 0 Å². The maximum atomic E-state index is 11.2. The standard InChI is InChI=1S/C11H12N2O3/c1-2-6-12-11(16)13-9-5-3-4-8(7-9)10(14)15/h2-5,7H,1,6H2,(H,14,15)(H2,12,13,16). The van der Waals surface area contributed by atoms with E-state index in [1.54, 1.807) is 18.2 Å². The maximum Gasteiger partial charge on any atom is 0.335 e. The molecule has 0 aliphatic heterocycles. The van der Waals surface area contributed by atoms with Gasteiger partial charge in [0.2, 0.25) is 0 Å². The van der Waals surface area contributed by atoms with Crippen LogP contribution in [0.2, 0.25) is 0 Å². The number of benzene rings is 1. The van der Waals surface area contributed by atoms with Gasteiger partial charge < -0.3 is 15.7 Å². The predicted octanol–water partition coefficient (Wildman–Crippen LogP) is 1.69. The van der Waals surface area contributed by atoms with E-state index < -0.39 is 12.0 Å². The van der Waals surface area contributed by atoms with Crippen molar-refractivity contribution in [2.75, 3.05) is 11.9 Å². The monoisotopic (exact) mass is 220 g/mol. The third-order valence-corrected chi connectivity index (χ3v) is 1.77. The zero-order valence-electron chi connectivity index (χ0n) is 8.56. The average Bonchev–Trinajstić information content (AvgIpc) is 2.26.